The molecule has 19 heavy (non-hydrogen) atoms. The molecule has 1 aliphatic rings. The quantitative estimate of drug-likeness (QED) is 0.834. The van der Waals surface area contributed by atoms with E-state index in [9.17, 15) is 9.90 Å². The van der Waals surface area contributed by atoms with Crippen LogP contribution < -0.4 is 0 Å². The van der Waals surface area contributed by atoms with Gasteiger partial charge in [0.1, 0.15) is 0 Å². The maximum atomic E-state index is 11.3. The van der Waals surface area contributed by atoms with Crippen molar-refractivity contribution in [2.24, 2.45) is 5.41 Å². The fourth-order valence-electron chi connectivity index (χ4n) is 2.33. The average molecular weight is 345 g/mol. The molecule has 1 atom stereocenters. The Labute approximate surface area is 125 Å². The van der Waals surface area contributed by atoms with Crippen LogP contribution in [0.2, 0.25) is 0 Å². The molecule has 1 aromatic rings. The lowest BCUT2D eigenvalue weighted by Gasteiger charge is -2.41. The van der Waals surface area contributed by atoms with Crippen LogP contribution in [0, 0.1) is 5.41 Å². The summed E-state index contributed by atoms with van der Waals surface area (Å²) >= 11 is 4.91. The molecule has 0 bridgehead atoms. The number of aromatic nitrogens is 1. The third-order valence-electron chi connectivity index (χ3n) is 3.37. The van der Waals surface area contributed by atoms with E-state index in [1.165, 1.54) is 4.90 Å². The average Bonchev–Trinajstić information content (AvgIpc) is 2.74. The molecule has 1 aliphatic heterocycles. The maximum Gasteiger partial charge on any atom is 0.407 e. The van der Waals surface area contributed by atoms with Gasteiger partial charge in [0.25, 0.3) is 0 Å². The highest BCUT2D eigenvalue weighted by Crippen LogP contribution is 2.36. The zero-order valence-electron chi connectivity index (χ0n) is 11.2. The summed E-state index contributed by atoms with van der Waals surface area (Å²) in [6.07, 6.45) is 1.83. The second-order valence-corrected chi connectivity index (χ2v) is 7.87. The molecule has 0 aliphatic carbocycles. The lowest BCUT2D eigenvalue weighted by atomic mass is 9.80. The number of nitrogens with zero attached hydrogens (tertiary/aromatic N) is 2. The molecule has 2 rings (SSSR count). The highest BCUT2D eigenvalue weighted by atomic mass is 79.9. The minimum Gasteiger partial charge on any atom is -0.465 e. The second kappa shape index (κ2) is 5.25. The van der Waals surface area contributed by atoms with Crippen molar-refractivity contribution in [3.05, 3.63) is 21.1 Å². The maximum absolute atomic E-state index is 11.3. The van der Waals surface area contributed by atoms with Gasteiger partial charge in [0.15, 0.2) is 3.92 Å². The molecule has 0 saturated carbocycles. The summed E-state index contributed by atoms with van der Waals surface area (Å²) in [6.45, 7) is 6.66. The van der Waals surface area contributed by atoms with Gasteiger partial charge in [0.2, 0.25) is 0 Å². The van der Waals surface area contributed by atoms with Crippen LogP contribution in [-0.4, -0.2) is 33.7 Å². The van der Waals surface area contributed by atoms with Gasteiger partial charge in [0.05, 0.1) is 5.69 Å². The van der Waals surface area contributed by atoms with E-state index in [-0.39, 0.29) is 11.5 Å². The van der Waals surface area contributed by atoms with E-state index in [1.54, 1.807) is 11.3 Å². The first kappa shape index (κ1) is 14.5. The molecular weight excluding hydrogens is 328 g/mol. The van der Waals surface area contributed by atoms with E-state index < -0.39 is 6.09 Å². The van der Waals surface area contributed by atoms with E-state index in [1.807, 2.05) is 11.5 Å². The summed E-state index contributed by atoms with van der Waals surface area (Å²) in [6, 6.07) is -0.0227. The van der Waals surface area contributed by atoms with E-state index >= 15 is 0 Å². The van der Waals surface area contributed by atoms with E-state index in [2.05, 4.69) is 41.7 Å². The number of carboxylic acid groups (broad SMARTS) is 1. The summed E-state index contributed by atoms with van der Waals surface area (Å²) in [5.41, 5.74) is 2.00. The van der Waals surface area contributed by atoms with Crippen molar-refractivity contribution < 1.29 is 9.90 Å². The van der Waals surface area contributed by atoms with E-state index in [4.69, 9.17) is 0 Å². The zero-order valence-corrected chi connectivity index (χ0v) is 13.6. The third-order valence-corrected chi connectivity index (χ3v) is 4.74. The first-order valence-electron chi connectivity index (χ1n) is 6.09. The highest BCUT2D eigenvalue weighted by molar-refractivity contribution is 9.11. The van der Waals surface area contributed by atoms with Gasteiger partial charge in [-0.15, -0.1) is 11.3 Å². The fourth-order valence-corrected chi connectivity index (χ4v) is 3.37. The Morgan fingerprint density at radius 1 is 1.58 bits per heavy atom. The number of carbonyl (C=O) groups is 1. The lowest BCUT2D eigenvalue weighted by Crippen LogP contribution is -2.48. The minimum absolute atomic E-state index is 0.0227. The molecule has 0 fully saturated rings. The molecule has 1 aromatic heterocycles. The van der Waals surface area contributed by atoms with Gasteiger partial charge < -0.3 is 10.0 Å². The first-order chi connectivity index (χ1) is 8.79. The summed E-state index contributed by atoms with van der Waals surface area (Å²) < 4.78 is 0.858. The zero-order chi connectivity index (χ0) is 14.2. The molecule has 1 N–H and O–H groups in total. The van der Waals surface area contributed by atoms with Crippen LogP contribution in [0.1, 0.15) is 32.9 Å². The first-order valence-corrected chi connectivity index (χ1v) is 7.76. The van der Waals surface area contributed by atoms with Crippen LogP contribution in [-0.2, 0) is 0 Å². The highest BCUT2D eigenvalue weighted by Gasteiger charge is 2.36. The van der Waals surface area contributed by atoms with Gasteiger partial charge in [0, 0.05) is 18.0 Å². The summed E-state index contributed by atoms with van der Waals surface area (Å²) in [4.78, 5) is 17.3. The molecule has 104 valence electrons. The van der Waals surface area contributed by atoms with Gasteiger partial charge in [-0.05, 0) is 33.3 Å². The Kier molecular flexibility index (Phi) is 4.01. The van der Waals surface area contributed by atoms with E-state index in [0.717, 1.165) is 15.2 Å². The topological polar surface area (TPSA) is 53.4 Å². The Morgan fingerprint density at radius 2 is 2.26 bits per heavy atom. The van der Waals surface area contributed by atoms with Gasteiger partial charge in [-0.1, -0.05) is 26.8 Å². The largest absolute Gasteiger partial charge is 0.465 e. The predicted molar refractivity (Wildman–Crippen MR) is 80.4 cm³/mol. The van der Waals surface area contributed by atoms with Crippen LogP contribution in [0.25, 0.3) is 5.57 Å². The number of halogens is 1. The Balaban J connectivity index is 2.29. The molecular formula is C13H17BrN2O2S. The molecule has 1 unspecified atom stereocenters. The van der Waals surface area contributed by atoms with Gasteiger partial charge in [-0.2, -0.15) is 0 Å². The monoisotopic (exact) mass is 344 g/mol. The fraction of sp³-hybridized carbons (Fsp3) is 0.538. The minimum atomic E-state index is -0.852. The number of rotatable bonds is 1. The molecule has 4 nitrogen and oxygen atoms in total. The van der Waals surface area contributed by atoms with Crippen LogP contribution in [0.4, 0.5) is 4.79 Å². The molecule has 0 spiro atoms. The molecule has 0 radical (unpaired) electrons. The van der Waals surface area contributed by atoms with Crippen molar-refractivity contribution >= 4 is 38.9 Å². The Hall–Kier alpha value is -0.880. The number of amides is 1. The van der Waals surface area contributed by atoms with Gasteiger partial charge in [-0.25, -0.2) is 9.78 Å². The summed E-state index contributed by atoms with van der Waals surface area (Å²) in [5, 5.41) is 11.3. The SMILES string of the molecule is CC(C)(C)C1CC(c2csc(Br)n2)=CCN1C(=O)O. The van der Waals surface area contributed by atoms with Crippen molar-refractivity contribution in [2.75, 3.05) is 6.54 Å². The standard InChI is InChI=1S/C13H17BrN2O2S/c1-13(2,3)10-6-8(4-5-16(10)12(17)18)9-7-19-11(14)15-9/h4,7,10H,5-6H2,1-3H3,(H,17,18). The van der Waals surface area contributed by atoms with Crippen molar-refractivity contribution in [2.45, 2.75) is 33.2 Å². The number of thiazole rings is 1. The van der Waals surface area contributed by atoms with Crippen LogP contribution in [0.5, 0.6) is 0 Å². The number of hydrogen-bond donors (Lipinski definition) is 1. The third kappa shape index (κ3) is 3.17. The molecule has 6 heteroatoms. The van der Waals surface area contributed by atoms with Gasteiger partial charge in [-0.3, -0.25) is 0 Å². The van der Waals surface area contributed by atoms with Crippen molar-refractivity contribution in [1.29, 1.82) is 0 Å². The smallest absolute Gasteiger partial charge is 0.407 e. The lowest BCUT2D eigenvalue weighted by molar-refractivity contribution is 0.0883. The Bertz CT molecular complexity index is 519. The summed E-state index contributed by atoms with van der Waals surface area (Å²) in [7, 11) is 0. The molecule has 2 heterocycles. The molecule has 0 saturated heterocycles. The molecule has 0 aromatic carbocycles. The second-order valence-electron chi connectivity index (χ2n) is 5.74. The number of hydrogen-bond acceptors (Lipinski definition) is 3. The van der Waals surface area contributed by atoms with Gasteiger partial charge >= 0.3 is 6.09 Å². The van der Waals surface area contributed by atoms with Crippen LogP contribution in [0.15, 0.2) is 15.4 Å². The van der Waals surface area contributed by atoms with E-state index in [0.29, 0.717) is 13.0 Å². The van der Waals surface area contributed by atoms with Crippen LogP contribution >= 0.6 is 27.3 Å². The van der Waals surface area contributed by atoms with Crippen molar-refractivity contribution in [3.63, 3.8) is 0 Å². The van der Waals surface area contributed by atoms with Crippen LogP contribution in [0.3, 0.4) is 0 Å². The Morgan fingerprint density at radius 3 is 2.74 bits per heavy atom. The molecule has 1 amide bonds. The normalized spacial score (nSPS) is 20.3. The summed E-state index contributed by atoms with van der Waals surface area (Å²) in [5.74, 6) is 0. The van der Waals surface area contributed by atoms with Crippen molar-refractivity contribution in [1.82, 2.24) is 9.88 Å². The van der Waals surface area contributed by atoms with Crippen molar-refractivity contribution in [3.8, 4) is 0 Å². The predicted octanol–water partition coefficient (Wildman–Crippen LogP) is 4.09.